The third-order valence-corrected chi connectivity index (χ3v) is 4.65. The Hall–Kier alpha value is -1.46. The highest BCUT2D eigenvalue weighted by Gasteiger charge is 2.31. The second kappa shape index (κ2) is 12.9. The van der Waals surface area contributed by atoms with Gasteiger partial charge in [0, 0.05) is 11.5 Å². The molecule has 0 spiro atoms. The third-order valence-electron chi connectivity index (χ3n) is 3.92. The summed E-state index contributed by atoms with van der Waals surface area (Å²) < 4.78 is 0. The van der Waals surface area contributed by atoms with Crippen LogP contribution in [0.25, 0.3) is 0 Å². The van der Waals surface area contributed by atoms with Crippen molar-refractivity contribution in [3.8, 4) is 0 Å². The normalized spacial score (nSPS) is 15.5. The summed E-state index contributed by atoms with van der Waals surface area (Å²) in [5, 5.41) is 16.5. The molecular weight excluding hydrogens is 404 g/mol. The third kappa shape index (κ3) is 9.16. The Morgan fingerprint density at radius 1 is 0.857 bits per heavy atom. The molecule has 0 radical (unpaired) electrons. The number of rotatable bonds is 12. The van der Waals surface area contributed by atoms with E-state index in [1.54, 1.807) is 13.8 Å². The molecule has 28 heavy (non-hydrogen) atoms. The summed E-state index contributed by atoms with van der Waals surface area (Å²) in [6.07, 6.45) is 0.462. The van der Waals surface area contributed by atoms with E-state index in [1.165, 1.54) is 0 Å². The minimum absolute atomic E-state index is 0.00674. The van der Waals surface area contributed by atoms with Crippen LogP contribution in [-0.4, -0.2) is 64.5 Å². The number of thiol groups is 2. The van der Waals surface area contributed by atoms with E-state index in [2.05, 4.69) is 41.2 Å². The van der Waals surface area contributed by atoms with Gasteiger partial charge in [0.15, 0.2) is 0 Å². The van der Waals surface area contributed by atoms with Crippen molar-refractivity contribution >= 4 is 48.9 Å². The molecule has 0 saturated heterocycles. The van der Waals surface area contributed by atoms with Crippen molar-refractivity contribution in [3.63, 3.8) is 0 Å². The molecule has 0 aliphatic carbocycles. The molecule has 4 atom stereocenters. The van der Waals surface area contributed by atoms with Gasteiger partial charge in [-0.3, -0.25) is 14.4 Å². The molecule has 0 aromatic heterocycles. The number of carbonyl (C=O) groups excluding carboxylic acids is 3. The lowest BCUT2D eigenvalue weighted by atomic mass is 10.0. The van der Waals surface area contributed by atoms with E-state index in [0.29, 0.717) is 6.42 Å². The number of aliphatic carboxylic acids is 1. The van der Waals surface area contributed by atoms with E-state index >= 15 is 0 Å². The minimum atomic E-state index is -1.23. The van der Waals surface area contributed by atoms with Crippen LogP contribution < -0.4 is 21.7 Å². The molecule has 0 aliphatic heterocycles. The number of carboxylic acid groups (broad SMARTS) is 1. The topological polar surface area (TPSA) is 151 Å². The van der Waals surface area contributed by atoms with Crippen LogP contribution in [0.15, 0.2) is 0 Å². The van der Waals surface area contributed by atoms with Crippen LogP contribution in [0, 0.1) is 11.8 Å². The summed E-state index contributed by atoms with van der Waals surface area (Å²) in [6, 6.07) is -3.91. The second-order valence-corrected chi connectivity index (χ2v) is 8.02. The number of hydrogen-bond donors (Lipinski definition) is 7. The molecule has 0 aromatic rings. The van der Waals surface area contributed by atoms with Gasteiger partial charge < -0.3 is 26.8 Å². The van der Waals surface area contributed by atoms with E-state index in [9.17, 15) is 19.2 Å². The summed E-state index contributed by atoms with van der Waals surface area (Å²) in [4.78, 5) is 48.2. The van der Waals surface area contributed by atoms with Gasteiger partial charge >= 0.3 is 5.97 Å². The average molecular weight is 437 g/mol. The van der Waals surface area contributed by atoms with Gasteiger partial charge in [-0.1, -0.05) is 27.7 Å². The fourth-order valence-corrected chi connectivity index (χ4v) is 2.83. The van der Waals surface area contributed by atoms with Crippen molar-refractivity contribution in [3.05, 3.63) is 0 Å². The van der Waals surface area contributed by atoms with Crippen molar-refractivity contribution in [1.29, 1.82) is 0 Å². The van der Waals surface area contributed by atoms with Crippen LogP contribution in [0.1, 0.15) is 34.1 Å². The molecule has 0 aromatic carbocycles. The predicted molar refractivity (Wildman–Crippen MR) is 113 cm³/mol. The van der Waals surface area contributed by atoms with E-state index < -0.39 is 47.9 Å². The van der Waals surface area contributed by atoms with Crippen molar-refractivity contribution in [2.45, 2.75) is 58.3 Å². The molecule has 0 heterocycles. The van der Waals surface area contributed by atoms with Gasteiger partial charge in [0.25, 0.3) is 0 Å². The Bertz CT molecular complexity index is 560. The maximum Gasteiger partial charge on any atom is 0.327 e. The van der Waals surface area contributed by atoms with Crippen molar-refractivity contribution < 1.29 is 24.3 Å². The highest BCUT2D eigenvalue weighted by atomic mass is 32.1. The zero-order valence-corrected chi connectivity index (χ0v) is 18.4. The molecular formula is C17H32N4O5S2. The van der Waals surface area contributed by atoms with Gasteiger partial charge in [-0.15, -0.1) is 0 Å². The van der Waals surface area contributed by atoms with E-state index in [-0.39, 0.29) is 23.3 Å². The number of carbonyl (C=O) groups is 4. The molecule has 3 amide bonds. The summed E-state index contributed by atoms with van der Waals surface area (Å²) >= 11 is 7.98. The molecule has 0 fully saturated rings. The lowest BCUT2D eigenvalue weighted by molar-refractivity contribution is -0.141. The lowest BCUT2D eigenvalue weighted by Crippen LogP contribution is -2.59. The fraction of sp³-hybridized carbons (Fsp3) is 0.765. The van der Waals surface area contributed by atoms with E-state index in [1.807, 2.05) is 13.8 Å². The predicted octanol–water partition coefficient (Wildman–Crippen LogP) is -0.586. The monoisotopic (exact) mass is 436 g/mol. The van der Waals surface area contributed by atoms with Crippen LogP contribution in [0.4, 0.5) is 0 Å². The summed E-state index contributed by atoms with van der Waals surface area (Å²) in [5.74, 6) is -3.15. The first-order valence-electron chi connectivity index (χ1n) is 9.05. The molecule has 0 saturated carbocycles. The maximum absolute atomic E-state index is 12.5. The Morgan fingerprint density at radius 3 is 1.75 bits per heavy atom. The number of carboxylic acids is 1. The van der Waals surface area contributed by atoms with Crippen LogP contribution in [0.5, 0.6) is 0 Å². The van der Waals surface area contributed by atoms with Crippen LogP contribution in [-0.2, 0) is 19.2 Å². The zero-order valence-electron chi connectivity index (χ0n) is 16.6. The fourth-order valence-electron chi connectivity index (χ4n) is 2.32. The number of nitrogens with one attached hydrogen (secondary N) is 3. The van der Waals surface area contributed by atoms with E-state index in [0.717, 1.165) is 0 Å². The summed E-state index contributed by atoms with van der Waals surface area (Å²) in [5.41, 5.74) is 5.82. The first kappa shape index (κ1) is 26.5. The number of nitrogens with two attached hydrogens (primary N) is 1. The van der Waals surface area contributed by atoms with Gasteiger partial charge in [-0.2, -0.15) is 25.3 Å². The van der Waals surface area contributed by atoms with Gasteiger partial charge in [0.1, 0.15) is 18.1 Å². The Morgan fingerprint density at radius 2 is 1.36 bits per heavy atom. The van der Waals surface area contributed by atoms with E-state index in [4.69, 9.17) is 10.8 Å². The minimum Gasteiger partial charge on any atom is -0.480 e. The van der Waals surface area contributed by atoms with Gasteiger partial charge in [-0.05, 0) is 18.3 Å². The molecule has 4 unspecified atom stereocenters. The number of amides is 3. The molecule has 0 bridgehead atoms. The van der Waals surface area contributed by atoms with Crippen LogP contribution in [0.2, 0.25) is 0 Å². The molecule has 11 heteroatoms. The quantitative estimate of drug-likeness (QED) is 0.203. The Labute approximate surface area is 176 Å². The summed E-state index contributed by atoms with van der Waals surface area (Å²) in [6.45, 7) is 7.26. The molecule has 6 N–H and O–H groups in total. The average Bonchev–Trinajstić information content (AvgIpc) is 2.60. The van der Waals surface area contributed by atoms with Gasteiger partial charge in [0.2, 0.25) is 17.7 Å². The van der Waals surface area contributed by atoms with Crippen molar-refractivity contribution in [2.24, 2.45) is 17.6 Å². The number of hydrogen-bond acceptors (Lipinski definition) is 7. The standard InChI is InChI=1S/C17H32N4O5S2/c1-8(2)5-10(18)14(22)19-11(6-27)15(23)21-13(9(3)4)16(24)20-12(7-28)17(25)26/h8-13,27-28H,5-7,18H2,1-4H3,(H,19,22)(H,20,24)(H,21,23)(H,25,26). The largest absolute Gasteiger partial charge is 0.480 e. The molecule has 0 aliphatic rings. The Kier molecular flexibility index (Phi) is 12.2. The molecule has 0 rings (SSSR count). The highest BCUT2D eigenvalue weighted by Crippen LogP contribution is 2.06. The first-order valence-corrected chi connectivity index (χ1v) is 10.3. The van der Waals surface area contributed by atoms with Crippen molar-refractivity contribution in [1.82, 2.24) is 16.0 Å². The SMILES string of the molecule is CC(C)CC(N)C(=O)NC(CS)C(=O)NC(C(=O)NC(CS)C(=O)O)C(C)C. The smallest absolute Gasteiger partial charge is 0.327 e. The van der Waals surface area contributed by atoms with Crippen LogP contribution >= 0.6 is 25.3 Å². The van der Waals surface area contributed by atoms with Crippen molar-refractivity contribution in [2.75, 3.05) is 11.5 Å². The van der Waals surface area contributed by atoms with Gasteiger partial charge in [-0.25, -0.2) is 4.79 Å². The van der Waals surface area contributed by atoms with Crippen LogP contribution in [0.3, 0.4) is 0 Å². The zero-order chi connectivity index (χ0) is 22.0. The highest BCUT2D eigenvalue weighted by molar-refractivity contribution is 7.80. The molecule has 9 nitrogen and oxygen atoms in total. The second-order valence-electron chi connectivity index (χ2n) is 7.29. The van der Waals surface area contributed by atoms with Gasteiger partial charge in [0.05, 0.1) is 6.04 Å². The first-order chi connectivity index (χ1) is 12.9. The summed E-state index contributed by atoms with van der Waals surface area (Å²) in [7, 11) is 0. The Balaban J connectivity index is 5.07. The lowest BCUT2D eigenvalue weighted by Gasteiger charge is -2.26. The molecule has 162 valence electrons. The maximum atomic E-state index is 12.5.